The number of rotatable bonds is 3. The molecule has 5 heteroatoms. The fraction of sp³-hybridized carbons (Fsp3) is 0.0667. The summed E-state index contributed by atoms with van der Waals surface area (Å²) in [4.78, 5) is 11.9. The van der Waals surface area contributed by atoms with Crippen LogP contribution in [0.2, 0.25) is 5.02 Å². The Morgan fingerprint density at radius 3 is 2.55 bits per heavy atom. The highest BCUT2D eigenvalue weighted by atomic mass is 35.5. The fourth-order valence-electron chi connectivity index (χ4n) is 1.60. The molecule has 2 aromatic carbocycles. The number of benzene rings is 2. The van der Waals surface area contributed by atoms with E-state index in [0.717, 1.165) is 5.56 Å². The SMILES string of the molecule is N#Cc1ccc(COC(=O)c2ccc(N)cc2Cl)cc1. The molecule has 0 aliphatic carbocycles. The van der Waals surface area contributed by atoms with Crippen molar-refractivity contribution in [3.05, 3.63) is 64.2 Å². The molecule has 0 atom stereocenters. The maximum absolute atomic E-state index is 11.9. The van der Waals surface area contributed by atoms with E-state index in [1.165, 1.54) is 12.1 Å². The number of anilines is 1. The zero-order valence-corrected chi connectivity index (χ0v) is 11.2. The molecule has 2 N–H and O–H groups in total. The lowest BCUT2D eigenvalue weighted by atomic mass is 10.1. The summed E-state index contributed by atoms with van der Waals surface area (Å²) in [6.07, 6.45) is 0. The molecule has 0 amide bonds. The number of hydrogen-bond donors (Lipinski definition) is 1. The van der Waals surface area contributed by atoms with Crippen LogP contribution in [0.3, 0.4) is 0 Å². The van der Waals surface area contributed by atoms with E-state index in [4.69, 9.17) is 27.3 Å². The summed E-state index contributed by atoms with van der Waals surface area (Å²) in [7, 11) is 0. The van der Waals surface area contributed by atoms with E-state index >= 15 is 0 Å². The van der Waals surface area contributed by atoms with Gasteiger partial charge in [-0.25, -0.2) is 4.79 Å². The van der Waals surface area contributed by atoms with E-state index in [1.807, 2.05) is 6.07 Å². The van der Waals surface area contributed by atoms with Gasteiger partial charge in [0.1, 0.15) is 6.61 Å². The third-order valence-electron chi connectivity index (χ3n) is 2.67. The molecule has 2 rings (SSSR count). The van der Waals surface area contributed by atoms with Crippen molar-refractivity contribution in [2.24, 2.45) is 0 Å². The highest BCUT2D eigenvalue weighted by Crippen LogP contribution is 2.20. The molecule has 0 aliphatic heterocycles. The maximum atomic E-state index is 11.9. The van der Waals surface area contributed by atoms with Gasteiger partial charge in [-0.1, -0.05) is 23.7 Å². The van der Waals surface area contributed by atoms with Gasteiger partial charge in [0.2, 0.25) is 0 Å². The average Bonchev–Trinajstić information content (AvgIpc) is 2.45. The molecule has 0 aliphatic rings. The molecule has 0 unspecified atom stereocenters. The Morgan fingerprint density at radius 1 is 1.25 bits per heavy atom. The molecule has 4 nitrogen and oxygen atoms in total. The topological polar surface area (TPSA) is 76.1 Å². The molecule has 0 fully saturated rings. The van der Waals surface area contributed by atoms with Gasteiger partial charge in [-0.05, 0) is 35.9 Å². The first-order valence-electron chi connectivity index (χ1n) is 5.81. The summed E-state index contributed by atoms with van der Waals surface area (Å²) >= 11 is 5.93. The molecule has 0 bridgehead atoms. The third-order valence-corrected chi connectivity index (χ3v) is 2.98. The smallest absolute Gasteiger partial charge is 0.339 e. The number of ether oxygens (including phenoxy) is 1. The first-order chi connectivity index (χ1) is 9.60. The lowest BCUT2D eigenvalue weighted by molar-refractivity contribution is 0.0473. The average molecular weight is 287 g/mol. The molecule has 0 spiro atoms. The van der Waals surface area contributed by atoms with E-state index < -0.39 is 5.97 Å². The van der Waals surface area contributed by atoms with Gasteiger partial charge in [0.25, 0.3) is 0 Å². The summed E-state index contributed by atoms with van der Waals surface area (Å²) < 4.78 is 5.16. The predicted molar refractivity (Wildman–Crippen MR) is 76.1 cm³/mol. The number of esters is 1. The van der Waals surface area contributed by atoms with Crippen molar-refractivity contribution in [2.45, 2.75) is 6.61 Å². The van der Waals surface area contributed by atoms with Gasteiger partial charge >= 0.3 is 5.97 Å². The second-order valence-electron chi connectivity index (χ2n) is 4.12. The number of carbonyl (C=O) groups is 1. The first-order valence-corrected chi connectivity index (χ1v) is 6.19. The van der Waals surface area contributed by atoms with Crippen LogP contribution in [-0.2, 0) is 11.3 Å². The quantitative estimate of drug-likeness (QED) is 0.694. The van der Waals surface area contributed by atoms with Crippen molar-refractivity contribution in [1.82, 2.24) is 0 Å². The Hall–Kier alpha value is -2.51. The largest absolute Gasteiger partial charge is 0.457 e. The van der Waals surface area contributed by atoms with E-state index in [-0.39, 0.29) is 17.2 Å². The minimum Gasteiger partial charge on any atom is -0.457 e. The van der Waals surface area contributed by atoms with E-state index in [9.17, 15) is 4.79 Å². The summed E-state index contributed by atoms with van der Waals surface area (Å²) in [5, 5.41) is 8.95. The van der Waals surface area contributed by atoms with Crippen LogP contribution in [0.15, 0.2) is 42.5 Å². The highest BCUT2D eigenvalue weighted by molar-refractivity contribution is 6.33. The molecule has 0 heterocycles. The molecule has 0 aromatic heterocycles. The van der Waals surface area contributed by atoms with Crippen LogP contribution >= 0.6 is 11.6 Å². The molecule has 0 saturated carbocycles. The molecule has 0 radical (unpaired) electrons. The molecule has 20 heavy (non-hydrogen) atoms. The molecular formula is C15H11ClN2O2. The monoisotopic (exact) mass is 286 g/mol. The Morgan fingerprint density at radius 2 is 1.95 bits per heavy atom. The van der Waals surface area contributed by atoms with Crippen LogP contribution < -0.4 is 5.73 Å². The number of nitrogen functional groups attached to an aromatic ring is 1. The summed E-state index contributed by atoms with van der Waals surface area (Å²) in [6, 6.07) is 13.4. The normalized spacial score (nSPS) is 9.80. The van der Waals surface area contributed by atoms with Gasteiger partial charge in [-0.2, -0.15) is 5.26 Å². The number of hydrogen-bond acceptors (Lipinski definition) is 4. The summed E-state index contributed by atoms with van der Waals surface area (Å²) in [5.41, 5.74) is 7.67. The van der Waals surface area contributed by atoms with Crippen molar-refractivity contribution in [3.8, 4) is 6.07 Å². The zero-order chi connectivity index (χ0) is 14.5. The first kappa shape index (κ1) is 13.9. The predicted octanol–water partition coefficient (Wildman–Crippen LogP) is 3.15. The van der Waals surface area contributed by atoms with Gasteiger partial charge < -0.3 is 10.5 Å². The molecule has 100 valence electrons. The Bertz CT molecular complexity index is 675. The Labute approximate surface area is 121 Å². The maximum Gasteiger partial charge on any atom is 0.339 e. The standard InChI is InChI=1S/C15H11ClN2O2/c16-14-7-12(18)5-6-13(14)15(19)20-9-11-3-1-10(8-17)2-4-11/h1-7H,9,18H2. The second-order valence-corrected chi connectivity index (χ2v) is 4.53. The van der Waals surface area contributed by atoms with E-state index in [2.05, 4.69) is 0 Å². The third kappa shape index (κ3) is 3.28. The van der Waals surface area contributed by atoms with Crippen LogP contribution in [0.25, 0.3) is 0 Å². The fourth-order valence-corrected chi connectivity index (χ4v) is 1.87. The number of nitrogens with two attached hydrogens (primary N) is 1. The Balaban J connectivity index is 2.03. The lowest BCUT2D eigenvalue weighted by Crippen LogP contribution is -2.06. The van der Waals surface area contributed by atoms with Crippen molar-refractivity contribution < 1.29 is 9.53 Å². The van der Waals surface area contributed by atoms with Crippen LogP contribution in [-0.4, -0.2) is 5.97 Å². The second kappa shape index (κ2) is 6.09. The number of carbonyl (C=O) groups excluding carboxylic acids is 1. The number of halogens is 1. The van der Waals surface area contributed by atoms with Crippen LogP contribution in [0.1, 0.15) is 21.5 Å². The van der Waals surface area contributed by atoms with E-state index in [1.54, 1.807) is 30.3 Å². The lowest BCUT2D eigenvalue weighted by Gasteiger charge is -2.07. The van der Waals surface area contributed by atoms with Crippen LogP contribution in [0.4, 0.5) is 5.69 Å². The van der Waals surface area contributed by atoms with E-state index in [0.29, 0.717) is 11.3 Å². The van der Waals surface area contributed by atoms with Crippen molar-refractivity contribution >= 4 is 23.3 Å². The van der Waals surface area contributed by atoms with Crippen LogP contribution in [0.5, 0.6) is 0 Å². The van der Waals surface area contributed by atoms with Crippen LogP contribution in [0, 0.1) is 11.3 Å². The van der Waals surface area contributed by atoms with Gasteiger partial charge in [0.15, 0.2) is 0 Å². The van der Waals surface area contributed by atoms with Gasteiger partial charge in [-0.15, -0.1) is 0 Å². The van der Waals surface area contributed by atoms with Gasteiger partial charge in [0, 0.05) is 5.69 Å². The van der Waals surface area contributed by atoms with Crippen molar-refractivity contribution in [3.63, 3.8) is 0 Å². The number of nitriles is 1. The van der Waals surface area contributed by atoms with Crippen molar-refractivity contribution in [1.29, 1.82) is 5.26 Å². The van der Waals surface area contributed by atoms with Gasteiger partial charge in [0.05, 0.1) is 22.2 Å². The summed E-state index contributed by atoms with van der Waals surface area (Å²) in [5.74, 6) is -0.514. The molecule has 2 aromatic rings. The molecular weight excluding hydrogens is 276 g/mol. The highest BCUT2D eigenvalue weighted by Gasteiger charge is 2.12. The summed E-state index contributed by atoms with van der Waals surface area (Å²) in [6.45, 7) is 0.116. The Kier molecular flexibility index (Phi) is 4.24. The van der Waals surface area contributed by atoms with Crippen molar-refractivity contribution in [2.75, 3.05) is 5.73 Å². The minimum absolute atomic E-state index is 0.116. The number of nitrogens with zero attached hydrogens (tertiary/aromatic N) is 1. The van der Waals surface area contributed by atoms with Gasteiger partial charge in [-0.3, -0.25) is 0 Å². The molecule has 0 saturated heterocycles. The minimum atomic E-state index is -0.514. The zero-order valence-electron chi connectivity index (χ0n) is 10.5.